The molecular weight excluding hydrogens is 302 g/mol. The van der Waals surface area contributed by atoms with Crippen LogP contribution in [-0.4, -0.2) is 48.6 Å². The quantitative estimate of drug-likeness (QED) is 0.621. The molecule has 7 heteroatoms. The number of likely N-dealkylation sites (N-methyl/N-ethyl adjacent to an activating group) is 2. The Bertz CT molecular complexity index is 694. The maximum atomic E-state index is 12.1. The van der Waals surface area contributed by atoms with E-state index in [9.17, 15) is 4.79 Å². The van der Waals surface area contributed by atoms with Gasteiger partial charge in [-0.15, -0.1) is 0 Å². The smallest absolute Gasteiger partial charge is 0.276 e. The maximum Gasteiger partial charge on any atom is 0.276 e. The summed E-state index contributed by atoms with van der Waals surface area (Å²) in [6.45, 7) is -0.0584. The van der Waals surface area contributed by atoms with Crippen molar-refractivity contribution in [2.24, 2.45) is 0 Å². The third kappa shape index (κ3) is 2.87. The summed E-state index contributed by atoms with van der Waals surface area (Å²) in [7, 11) is 4.90. The number of amides is 1. The summed E-state index contributed by atoms with van der Waals surface area (Å²) < 4.78 is 10.5. The van der Waals surface area contributed by atoms with E-state index in [4.69, 9.17) is 27.0 Å². The van der Waals surface area contributed by atoms with Crippen LogP contribution in [0, 0.1) is 11.3 Å². The number of rotatable bonds is 4. The van der Waals surface area contributed by atoms with Crippen LogP contribution in [0.4, 0.5) is 0 Å². The standard InChI is InChI=1S/C15H15N3O3S/c1-17-11(14(19)18(2)15(17)22)8-10-4-5-12(21-7-6-16)13(9-10)20-3/h4-5,8-9H,7H2,1-3H3/b11-8-. The van der Waals surface area contributed by atoms with Gasteiger partial charge in [0.2, 0.25) is 0 Å². The fourth-order valence-electron chi connectivity index (χ4n) is 2.05. The van der Waals surface area contributed by atoms with Crippen molar-refractivity contribution in [2.45, 2.75) is 0 Å². The second kappa shape index (κ2) is 6.45. The Balaban J connectivity index is 2.34. The first-order valence-corrected chi connectivity index (χ1v) is 6.85. The number of hydrogen-bond donors (Lipinski definition) is 0. The SMILES string of the molecule is COc1cc(/C=C2/C(=O)N(C)C(=S)N2C)ccc1OCC#N. The van der Waals surface area contributed by atoms with E-state index in [0.717, 1.165) is 5.56 Å². The zero-order valence-corrected chi connectivity index (χ0v) is 13.3. The number of methoxy groups -OCH3 is 1. The van der Waals surface area contributed by atoms with Gasteiger partial charge in [-0.1, -0.05) is 6.07 Å². The lowest BCUT2D eigenvalue weighted by Gasteiger charge is -2.12. The molecule has 1 aliphatic heterocycles. The third-order valence-corrected chi connectivity index (χ3v) is 3.79. The summed E-state index contributed by atoms with van der Waals surface area (Å²) in [5.41, 5.74) is 1.26. The van der Waals surface area contributed by atoms with E-state index in [1.165, 1.54) is 12.0 Å². The van der Waals surface area contributed by atoms with E-state index in [0.29, 0.717) is 22.3 Å². The van der Waals surface area contributed by atoms with Crippen LogP contribution in [0.25, 0.3) is 6.08 Å². The molecule has 1 saturated heterocycles. The second-order valence-corrected chi connectivity index (χ2v) is 4.96. The van der Waals surface area contributed by atoms with Crippen LogP contribution in [0.15, 0.2) is 23.9 Å². The van der Waals surface area contributed by atoms with Crippen molar-refractivity contribution in [3.63, 3.8) is 0 Å². The monoisotopic (exact) mass is 317 g/mol. The zero-order chi connectivity index (χ0) is 16.3. The molecule has 0 saturated carbocycles. The molecule has 1 heterocycles. The van der Waals surface area contributed by atoms with E-state index in [1.54, 1.807) is 43.3 Å². The highest BCUT2D eigenvalue weighted by atomic mass is 32.1. The fourth-order valence-corrected chi connectivity index (χ4v) is 2.23. The van der Waals surface area contributed by atoms with Gasteiger partial charge in [0.05, 0.1) is 7.11 Å². The predicted octanol–water partition coefficient (Wildman–Crippen LogP) is 1.63. The van der Waals surface area contributed by atoms with Crippen molar-refractivity contribution in [3.8, 4) is 17.6 Å². The molecule has 1 aliphatic rings. The molecule has 22 heavy (non-hydrogen) atoms. The Kier molecular flexibility index (Phi) is 4.63. The molecule has 0 aliphatic carbocycles. The van der Waals surface area contributed by atoms with Gasteiger partial charge in [-0.3, -0.25) is 9.69 Å². The molecule has 0 unspecified atom stereocenters. The van der Waals surface area contributed by atoms with E-state index < -0.39 is 0 Å². The Morgan fingerprint density at radius 2 is 2.05 bits per heavy atom. The topological polar surface area (TPSA) is 65.8 Å². The molecule has 0 spiro atoms. The van der Waals surface area contributed by atoms with Crippen molar-refractivity contribution in [3.05, 3.63) is 29.5 Å². The number of nitriles is 1. The molecular formula is C15H15N3O3S. The summed E-state index contributed by atoms with van der Waals surface area (Å²) in [5.74, 6) is 0.815. The number of carbonyl (C=O) groups excluding carboxylic acids is 1. The molecule has 1 aromatic carbocycles. The van der Waals surface area contributed by atoms with Crippen molar-refractivity contribution >= 4 is 29.3 Å². The lowest BCUT2D eigenvalue weighted by atomic mass is 10.1. The normalized spacial score (nSPS) is 16.2. The van der Waals surface area contributed by atoms with Crippen LogP contribution < -0.4 is 9.47 Å². The molecule has 114 valence electrons. The first-order chi connectivity index (χ1) is 10.5. The molecule has 0 bridgehead atoms. The molecule has 0 atom stereocenters. The highest BCUT2D eigenvalue weighted by molar-refractivity contribution is 7.80. The molecule has 0 N–H and O–H groups in total. The Hall–Kier alpha value is -2.59. The predicted molar refractivity (Wildman–Crippen MR) is 85.2 cm³/mol. The van der Waals surface area contributed by atoms with Gasteiger partial charge in [0, 0.05) is 14.1 Å². The van der Waals surface area contributed by atoms with Gasteiger partial charge in [0.1, 0.15) is 11.8 Å². The van der Waals surface area contributed by atoms with Gasteiger partial charge in [-0.25, -0.2) is 0 Å². The van der Waals surface area contributed by atoms with Crippen LogP contribution in [0.2, 0.25) is 0 Å². The summed E-state index contributed by atoms with van der Waals surface area (Å²) in [6, 6.07) is 7.12. The highest BCUT2D eigenvalue weighted by Crippen LogP contribution is 2.30. The number of benzene rings is 1. The zero-order valence-electron chi connectivity index (χ0n) is 12.5. The minimum absolute atomic E-state index is 0.0584. The third-order valence-electron chi connectivity index (χ3n) is 3.24. The Labute approximate surface area is 134 Å². The van der Waals surface area contributed by atoms with Gasteiger partial charge in [0.25, 0.3) is 5.91 Å². The minimum Gasteiger partial charge on any atom is -0.493 e. The van der Waals surface area contributed by atoms with Crippen molar-refractivity contribution in [1.82, 2.24) is 9.80 Å². The van der Waals surface area contributed by atoms with Gasteiger partial charge in [-0.2, -0.15) is 5.26 Å². The van der Waals surface area contributed by atoms with Crippen LogP contribution >= 0.6 is 12.2 Å². The molecule has 1 fully saturated rings. The van der Waals surface area contributed by atoms with E-state index in [1.807, 2.05) is 6.07 Å². The number of ether oxygens (including phenoxy) is 2. The first kappa shape index (κ1) is 15.8. The van der Waals surface area contributed by atoms with Gasteiger partial charge >= 0.3 is 0 Å². The van der Waals surface area contributed by atoms with Gasteiger partial charge in [0.15, 0.2) is 23.2 Å². The van der Waals surface area contributed by atoms with Gasteiger partial charge in [-0.05, 0) is 36.0 Å². The van der Waals surface area contributed by atoms with Crippen molar-refractivity contribution in [1.29, 1.82) is 5.26 Å². The lowest BCUT2D eigenvalue weighted by Crippen LogP contribution is -2.26. The van der Waals surface area contributed by atoms with E-state index in [2.05, 4.69) is 0 Å². The molecule has 1 aromatic rings. The molecule has 0 aromatic heterocycles. The second-order valence-electron chi connectivity index (χ2n) is 4.59. The fraction of sp³-hybridized carbons (Fsp3) is 0.267. The Morgan fingerprint density at radius 1 is 1.32 bits per heavy atom. The lowest BCUT2D eigenvalue weighted by molar-refractivity contribution is -0.121. The van der Waals surface area contributed by atoms with E-state index in [-0.39, 0.29) is 12.5 Å². The summed E-state index contributed by atoms with van der Waals surface area (Å²) in [6.07, 6.45) is 1.73. The minimum atomic E-state index is -0.156. The summed E-state index contributed by atoms with van der Waals surface area (Å²) in [4.78, 5) is 15.2. The first-order valence-electron chi connectivity index (χ1n) is 6.44. The molecule has 6 nitrogen and oxygen atoms in total. The summed E-state index contributed by atoms with van der Waals surface area (Å²) >= 11 is 5.17. The number of nitrogens with zero attached hydrogens (tertiary/aromatic N) is 3. The van der Waals surface area contributed by atoms with Gasteiger partial charge < -0.3 is 14.4 Å². The van der Waals surface area contributed by atoms with Crippen LogP contribution in [-0.2, 0) is 4.79 Å². The average molecular weight is 317 g/mol. The molecule has 1 amide bonds. The van der Waals surface area contributed by atoms with Crippen molar-refractivity contribution < 1.29 is 14.3 Å². The highest BCUT2D eigenvalue weighted by Gasteiger charge is 2.32. The number of carbonyl (C=O) groups is 1. The van der Waals surface area contributed by atoms with Crippen LogP contribution in [0.5, 0.6) is 11.5 Å². The number of hydrogen-bond acceptors (Lipinski definition) is 5. The van der Waals surface area contributed by atoms with Crippen LogP contribution in [0.3, 0.4) is 0 Å². The van der Waals surface area contributed by atoms with Crippen molar-refractivity contribution in [2.75, 3.05) is 27.8 Å². The summed E-state index contributed by atoms with van der Waals surface area (Å²) in [5, 5.41) is 9.01. The molecule has 0 radical (unpaired) electrons. The Morgan fingerprint density at radius 3 is 2.59 bits per heavy atom. The van der Waals surface area contributed by atoms with E-state index >= 15 is 0 Å². The maximum absolute atomic E-state index is 12.1. The largest absolute Gasteiger partial charge is 0.493 e. The number of thiocarbonyl (C=S) groups is 1. The molecule has 2 rings (SSSR count). The van der Waals surface area contributed by atoms with Crippen LogP contribution in [0.1, 0.15) is 5.56 Å². The average Bonchev–Trinajstić information content (AvgIpc) is 2.71.